The number of hydrogen-bond donors (Lipinski definition) is 2. The van der Waals surface area contributed by atoms with Crippen LogP contribution in [0.2, 0.25) is 0 Å². The highest BCUT2D eigenvalue weighted by Crippen LogP contribution is 2.13. The Hall–Kier alpha value is -0.550. The van der Waals surface area contributed by atoms with Crippen LogP contribution in [-0.4, -0.2) is 33.5 Å². The molecule has 0 radical (unpaired) electrons. The molecule has 0 saturated carbocycles. The largest absolute Gasteiger partial charge is 0.314 e. The Balaban J connectivity index is 2.10. The predicted octanol–water partition coefficient (Wildman–Crippen LogP) is 1.98. The Labute approximate surface area is 95.6 Å². The molecule has 5 heteroatoms. The minimum atomic E-state index is 0.581. The van der Waals surface area contributed by atoms with Crippen LogP contribution in [-0.2, 0) is 0 Å². The van der Waals surface area contributed by atoms with Crippen LogP contribution in [0.4, 0.5) is 0 Å². The molecule has 15 heavy (non-hydrogen) atoms. The standard InChI is InChI=1S/C10H20N4S/c1-4-6-11-8(2)5-7-15-10-12-9(3)13-14-10/h8,11H,4-7H2,1-3H3,(H,12,13,14). The van der Waals surface area contributed by atoms with Crippen molar-refractivity contribution in [3.05, 3.63) is 5.82 Å². The van der Waals surface area contributed by atoms with Gasteiger partial charge in [0.15, 0.2) is 0 Å². The third-order valence-corrected chi connectivity index (χ3v) is 2.98. The average Bonchev–Trinajstić information content (AvgIpc) is 2.61. The Bertz CT molecular complexity index is 274. The molecular formula is C10H20N4S. The molecule has 0 bridgehead atoms. The summed E-state index contributed by atoms with van der Waals surface area (Å²) in [6.07, 6.45) is 2.34. The van der Waals surface area contributed by atoms with Gasteiger partial charge in [-0.3, -0.25) is 5.10 Å². The molecule has 0 aromatic carbocycles. The first kappa shape index (κ1) is 12.5. The quantitative estimate of drug-likeness (QED) is 0.701. The first-order chi connectivity index (χ1) is 7.22. The van der Waals surface area contributed by atoms with Gasteiger partial charge in [-0.15, -0.1) is 5.10 Å². The Morgan fingerprint density at radius 1 is 1.53 bits per heavy atom. The number of nitrogens with one attached hydrogen (secondary N) is 2. The van der Waals surface area contributed by atoms with Crippen molar-refractivity contribution in [3.63, 3.8) is 0 Å². The summed E-state index contributed by atoms with van der Waals surface area (Å²) >= 11 is 1.71. The van der Waals surface area contributed by atoms with Crippen LogP contribution >= 0.6 is 11.8 Å². The number of hydrogen-bond acceptors (Lipinski definition) is 4. The van der Waals surface area contributed by atoms with E-state index in [1.165, 1.54) is 6.42 Å². The maximum absolute atomic E-state index is 4.25. The van der Waals surface area contributed by atoms with Crippen LogP contribution in [0.3, 0.4) is 0 Å². The maximum atomic E-state index is 4.25. The van der Waals surface area contributed by atoms with Crippen molar-refractivity contribution in [3.8, 4) is 0 Å². The molecular weight excluding hydrogens is 208 g/mol. The lowest BCUT2D eigenvalue weighted by molar-refractivity contribution is 0.536. The molecule has 1 aromatic rings. The maximum Gasteiger partial charge on any atom is 0.208 e. The SMILES string of the molecule is CCCNC(C)CCSc1n[nH]c(C)n1. The lowest BCUT2D eigenvalue weighted by Gasteiger charge is -2.11. The van der Waals surface area contributed by atoms with Crippen molar-refractivity contribution in [1.29, 1.82) is 0 Å². The minimum Gasteiger partial charge on any atom is -0.314 e. The van der Waals surface area contributed by atoms with Gasteiger partial charge >= 0.3 is 0 Å². The normalized spacial score (nSPS) is 13.0. The van der Waals surface area contributed by atoms with Gasteiger partial charge < -0.3 is 5.32 Å². The molecule has 0 aliphatic carbocycles. The van der Waals surface area contributed by atoms with E-state index < -0.39 is 0 Å². The van der Waals surface area contributed by atoms with E-state index in [1.807, 2.05) is 6.92 Å². The van der Waals surface area contributed by atoms with E-state index in [-0.39, 0.29) is 0 Å². The number of thioether (sulfide) groups is 1. The van der Waals surface area contributed by atoms with Crippen LogP contribution in [0.15, 0.2) is 5.16 Å². The molecule has 1 atom stereocenters. The fourth-order valence-electron chi connectivity index (χ4n) is 1.21. The third-order valence-electron chi connectivity index (χ3n) is 2.10. The highest BCUT2D eigenvalue weighted by Gasteiger charge is 2.03. The number of aryl methyl sites for hydroxylation is 1. The van der Waals surface area contributed by atoms with Gasteiger partial charge in [0.05, 0.1) is 0 Å². The van der Waals surface area contributed by atoms with Crippen molar-refractivity contribution in [2.75, 3.05) is 12.3 Å². The Morgan fingerprint density at radius 3 is 2.93 bits per heavy atom. The van der Waals surface area contributed by atoms with Crippen LogP contribution in [0.1, 0.15) is 32.5 Å². The van der Waals surface area contributed by atoms with E-state index >= 15 is 0 Å². The van der Waals surface area contributed by atoms with E-state index in [9.17, 15) is 0 Å². The van der Waals surface area contributed by atoms with Gasteiger partial charge in [-0.05, 0) is 33.2 Å². The summed E-state index contributed by atoms with van der Waals surface area (Å²) in [5, 5.41) is 11.2. The lowest BCUT2D eigenvalue weighted by Crippen LogP contribution is -2.27. The first-order valence-corrected chi connectivity index (χ1v) is 6.46. The fourth-order valence-corrected chi connectivity index (χ4v) is 2.17. The van der Waals surface area contributed by atoms with E-state index in [0.717, 1.165) is 29.7 Å². The molecule has 0 aliphatic heterocycles. The number of H-pyrrole nitrogens is 1. The Morgan fingerprint density at radius 2 is 2.33 bits per heavy atom. The summed E-state index contributed by atoms with van der Waals surface area (Å²) < 4.78 is 0. The van der Waals surface area contributed by atoms with Crippen molar-refractivity contribution in [1.82, 2.24) is 20.5 Å². The van der Waals surface area contributed by atoms with Crippen LogP contribution in [0.25, 0.3) is 0 Å². The summed E-state index contributed by atoms with van der Waals surface area (Å²) in [7, 11) is 0. The van der Waals surface area contributed by atoms with Crippen LogP contribution in [0, 0.1) is 6.92 Å². The number of rotatable bonds is 7. The zero-order chi connectivity index (χ0) is 11.1. The summed E-state index contributed by atoms with van der Waals surface area (Å²) in [5.74, 6) is 1.95. The van der Waals surface area contributed by atoms with Crippen LogP contribution < -0.4 is 5.32 Å². The average molecular weight is 228 g/mol. The zero-order valence-corrected chi connectivity index (χ0v) is 10.5. The van der Waals surface area contributed by atoms with Crippen LogP contribution in [0.5, 0.6) is 0 Å². The molecule has 0 amide bonds. The van der Waals surface area contributed by atoms with Gasteiger partial charge in [0.2, 0.25) is 5.16 Å². The summed E-state index contributed by atoms with van der Waals surface area (Å²) in [4.78, 5) is 4.25. The number of nitrogens with zero attached hydrogens (tertiary/aromatic N) is 2. The monoisotopic (exact) mass is 228 g/mol. The van der Waals surface area contributed by atoms with Gasteiger partial charge in [-0.25, -0.2) is 4.98 Å². The van der Waals surface area contributed by atoms with Crippen molar-refractivity contribution < 1.29 is 0 Å². The van der Waals surface area contributed by atoms with E-state index in [4.69, 9.17) is 0 Å². The lowest BCUT2D eigenvalue weighted by atomic mass is 10.2. The summed E-state index contributed by atoms with van der Waals surface area (Å²) in [6, 6.07) is 0.581. The Kier molecular flexibility index (Phi) is 5.71. The highest BCUT2D eigenvalue weighted by molar-refractivity contribution is 7.99. The van der Waals surface area contributed by atoms with E-state index in [2.05, 4.69) is 34.3 Å². The predicted molar refractivity (Wildman–Crippen MR) is 64.2 cm³/mol. The van der Waals surface area contributed by atoms with Gasteiger partial charge in [0.25, 0.3) is 0 Å². The molecule has 86 valence electrons. The molecule has 0 spiro atoms. The smallest absolute Gasteiger partial charge is 0.208 e. The molecule has 0 fully saturated rings. The molecule has 4 nitrogen and oxygen atoms in total. The zero-order valence-electron chi connectivity index (χ0n) is 9.71. The summed E-state index contributed by atoms with van der Waals surface area (Å²) in [5.41, 5.74) is 0. The minimum absolute atomic E-state index is 0.581. The fraction of sp³-hybridized carbons (Fsp3) is 0.800. The first-order valence-electron chi connectivity index (χ1n) is 5.47. The van der Waals surface area contributed by atoms with Crippen molar-refractivity contribution >= 4 is 11.8 Å². The van der Waals surface area contributed by atoms with Gasteiger partial charge in [-0.2, -0.15) is 0 Å². The molecule has 1 rings (SSSR count). The van der Waals surface area contributed by atoms with E-state index in [1.54, 1.807) is 11.8 Å². The molecule has 0 saturated heterocycles. The van der Waals surface area contributed by atoms with Crippen molar-refractivity contribution in [2.45, 2.75) is 44.8 Å². The van der Waals surface area contributed by atoms with Gasteiger partial charge in [0, 0.05) is 11.8 Å². The third kappa shape index (κ3) is 5.18. The topological polar surface area (TPSA) is 53.6 Å². The number of aromatic amines is 1. The second kappa shape index (κ2) is 6.85. The summed E-state index contributed by atoms with van der Waals surface area (Å²) in [6.45, 7) is 7.43. The van der Waals surface area contributed by atoms with Gasteiger partial charge in [0.1, 0.15) is 5.82 Å². The second-order valence-corrected chi connectivity index (χ2v) is 4.76. The molecule has 1 unspecified atom stereocenters. The van der Waals surface area contributed by atoms with Crippen molar-refractivity contribution in [2.24, 2.45) is 0 Å². The molecule has 1 aromatic heterocycles. The van der Waals surface area contributed by atoms with Gasteiger partial charge in [-0.1, -0.05) is 18.7 Å². The highest BCUT2D eigenvalue weighted by atomic mass is 32.2. The van der Waals surface area contributed by atoms with E-state index in [0.29, 0.717) is 6.04 Å². The molecule has 2 N–H and O–H groups in total. The number of aromatic nitrogens is 3. The molecule has 1 heterocycles. The molecule has 0 aliphatic rings. The second-order valence-electron chi connectivity index (χ2n) is 3.70.